The maximum Gasteiger partial charge on any atom is 0.303 e. The summed E-state index contributed by atoms with van der Waals surface area (Å²) in [5, 5.41) is 8.83. The number of hydrogen-bond acceptors (Lipinski definition) is 4. The summed E-state index contributed by atoms with van der Waals surface area (Å²) in [7, 11) is 3.12. The van der Waals surface area contributed by atoms with Gasteiger partial charge in [0.25, 0.3) is 5.91 Å². The molecule has 1 N–H and O–H groups in total. The number of carbonyl (C=O) groups is 2. The van der Waals surface area contributed by atoms with E-state index >= 15 is 0 Å². The molecule has 0 bridgehead atoms. The molecule has 6 nitrogen and oxygen atoms in total. The van der Waals surface area contributed by atoms with Gasteiger partial charge in [-0.05, 0) is 37.5 Å². The Morgan fingerprint density at radius 3 is 2.14 bits per heavy atom. The molecule has 28 heavy (non-hydrogen) atoms. The molecule has 0 saturated heterocycles. The first-order chi connectivity index (χ1) is 13.5. The number of hydrogen-bond donors (Lipinski definition) is 1. The summed E-state index contributed by atoms with van der Waals surface area (Å²) in [5.41, 5.74) is 2.33. The van der Waals surface area contributed by atoms with Crippen LogP contribution >= 0.6 is 0 Å². The summed E-state index contributed by atoms with van der Waals surface area (Å²) < 4.78 is 10.8. The van der Waals surface area contributed by atoms with Gasteiger partial charge in [-0.2, -0.15) is 0 Å². The van der Waals surface area contributed by atoms with Crippen LogP contribution < -0.4 is 9.47 Å². The second-order valence-corrected chi connectivity index (χ2v) is 6.57. The molecule has 0 aliphatic heterocycles. The topological polar surface area (TPSA) is 76.1 Å². The van der Waals surface area contributed by atoms with Crippen LogP contribution in [0.5, 0.6) is 11.5 Å². The maximum absolute atomic E-state index is 13.2. The van der Waals surface area contributed by atoms with Gasteiger partial charge in [0.15, 0.2) is 0 Å². The third-order valence-electron chi connectivity index (χ3n) is 4.57. The lowest BCUT2D eigenvalue weighted by Crippen LogP contribution is -2.31. The number of carboxylic acid groups (broad SMARTS) is 1. The summed E-state index contributed by atoms with van der Waals surface area (Å²) >= 11 is 0. The Morgan fingerprint density at radius 2 is 1.61 bits per heavy atom. The van der Waals surface area contributed by atoms with Gasteiger partial charge in [0, 0.05) is 30.6 Å². The maximum atomic E-state index is 13.2. The molecule has 0 aliphatic carbocycles. The molecule has 2 rings (SSSR count). The minimum absolute atomic E-state index is 0.0968. The standard InChI is InChI=1S/C22H27NO5/c1-16-19(27-2)13-18(14-20(16)28-3)22(26)23(12-8-7-11-21(24)25)15-17-9-5-4-6-10-17/h4-6,9-10,13-14H,7-8,11-12,15H2,1-3H3,(H,24,25). The fourth-order valence-corrected chi connectivity index (χ4v) is 3.03. The Morgan fingerprint density at radius 1 is 1.00 bits per heavy atom. The highest BCUT2D eigenvalue weighted by atomic mass is 16.5. The van der Waals surface area contributed by atoms with Crippen LogP contribution in [0.1, 0.15) is 40.7 Å². The zero-order valence-electron chi connectivity index (χ0n) is 16.6. The van der Waals surface area contributed by atoms with Gasteiger partial charge < -0.3 is 19.5 Å². The molecule has 2 aromatic carbocycles. The van der Waals surface area contributed by atoms with Crippen molar-refractivity contribution in [1.29, 1.82) is 0 Å². The first-order valence-electron chi connectivity index (χ1n) is 9.24. The van der Waals surface area contributed by atoms with Gasteiger partial charge in [0.2, 0.25) is 0 Å². The lowest BCUT2D eigenvalue weighted by atomic mass is 10.1. The molecule has 0 aliphatic rings. The molecule has 0 aromatic heterocycles. The monoisotopic (exact) mass is 385 g/mol. The summed E-state index contributed by atoms with van der Waals surface area (Å²) in [5.74, 6) is 0.214. The van der Waals surface area contributed by atoms with Crippen LogP contribution in [0.4, 0.5) is 0 Å². The molecule has 150 valence electrons. The molecule has 0 heterocycles. The van der Waals surface area contributed by atoms with Crippen LogP contribution in [-0.2, 0) is 11.3 Å². The number of carboxylic acids is 1. The van der Waals surface area contributed by atoms with Crippen LogP contribution in [0.3, 0.4) is 0 Å². The lowest BCUT2D eigenvalue weighted by molar-refractivity contribution is -0.137. The molecule has 0 spiro atoms. The third kappa shape index (κ3) is 5.74. The van der Waals surface area contributed by atoms with E-state index in [4.69, 9.17) is 14.6 Å². The molecular weight excluding hydrogens is 358 g/mol. The SMILES string of the molecule is COc1cc(C(=O)N(CCCCC(=O)O)Cc2ccccc2)cc(OC)c1C. The predicted molar refractivity (Wildman–Crippen MR) is 107 cm³/mol. The summed E-state index contributed by atoms with van der Waals surface area (Å²) in [6.45, 7) is 2.80. The third-order valence-corrected chi connectivity index (χ3v) is 4.57. The second-order valence-electron chi connectivity index (χ2n) is 6.57. The van der Waals surface area contributed by atoms with Crippen molar-refractivity contribution in [2.45, 2.75) is 32.7 Å². The van der Waals surface area contributed by atoms with Crippen molar-refractivity contribution in [3.05, 3.63) is 59.2 Å². The number of carbonyl (C=O) groups excluding carboxylic acids is 1. The van der Waals surface area contributed by atoms with Crippen molar-refractivity contribution < 1.29 is 24.2 Å². The van der Waals surface area contributed by atoms with E-state index in [0.717, 1.165) is 11.1 Å². The fraction of sp³-hybridized carbons (Fsp3) is 0.364. The molecular formula is C22H27NO5. The summed E-state index contributed by atoms with van der Waals surface area (Å²) in [4.78, 5) is 25.7. The Kier molecular flexibility index (Phi) is 7.87. The van der Waals surface area contributed by atoms with Crippen molar-refractivity contribution in [3.8, 4) is 11.5 Å². The highest BCUT2D eigenvalue weighted by Crippen LogP contribution is 2.30. The molecule has 0 radical (unpaired) electrons. The van der Waals surface area contributed by atoms with E-state index in [-0.39, 0.29) is 12.3 Å². The molecule has 0 atom stereocenters. The molecule has 6 heteroatoms. The fourth-order valence-electron chi connectivity index (χ4n) is 3.03. The van der Waals surface area contributed by atoms with E-state index in [1.165, 1.54) is 0 Å². The quantitative estimate of drug-likeness (QED) is 0.628. The Balaban J connectivity index is 2.25. The largest absolute Gasteiger partial charge is 0.496 e. The van der Waals surface area contributed by atoms with E-state index in [1.807, 2.05) is 37.3 Å². The summed E-state index contributed by atoms with van der Waals surface area (Å²) in [6.07, 6.45) is 1.24. The highest BCUT2D eigenvalue weighted by Gasteiger charge is 2.19. The van der Waals surface area contributed by atoms with Gasteiger partial charge in [-0.25, -0.2) is 0 Å². The van der Waals surface area contributed by atoms with Crippen LogP contribution in [-0.4, -0.2) is 42.6 Å². The number of unbranched alkanes of at least 4 members (excludes halogenated alkanes) is 1. The first kappa shape index (κ1) is 21.3. The normalized spacial score (nSPS) is 10.4. The predicted octanol–water partition coefficient (Wildman–Crippen LogP) is 3.91. The van der Waals surface area contributed by atoms with Crippen molar-refractivity contribution in [3.63, 3.8) is 0 Å². The molecule has 0 saturated carbocycles. The highest BCUT2D eigenvalue weighted by molar-refractivity contribution is 5.95. The number of nitrogens with zero attached hydrogens (tertiary/aromatic N) is 1. The van der Waals surface area contributed by atoms with E-state index in [9.17, 15) is 9.59 Å². The zero-order chi connectivity index (χ0) is 20.5. The van der Waals surface area contributed by atoms with E-state index in [0.29, 0.717) is 43.0 Å². The average molecular weight is 385 g/mol. The van der Waals surface area contributed by atoms with Crippen LogP contribution in [0.2, 0.25) is 0 Å². The number of amides is 1. The lowest BCUT2D eigenvalue weighted by Gasteiger charge is -2.24. The van der Waals surface area contributed by atoms with Gasteiger partial charge in [0.1, 0.15) is 11.5 Å². The Bertz CT molecular complexity index is 779. The Hall–Kier alpha value is -3.02. The van der Waals surface area contributed by atoms with Crippen molar-refractivity contribution in [2.75, 3.05) is 20.8 Å². The van der Waals surface area contributed by atoms with Gasteiger partial charge in [-0.15, -0.1) is 0 Å². The van der Waals surface area contributed by atoms with E-state index in [2.05, 4.69) is 0 Å². The van der Waals surface area contributed by atoms with Gasteiger partial charge in [-0.1, -0.05) is 30.3 Å². The number of ether oxygens (including phenoxy) is 2. The minimum Gasteiger partial charge on any atom is -0.496 e. The van der Waals surface area contributed by atoms with Gasteiger partial charge in [-0.3, -0.25) is 9.59 Å². The number of aliphatic carboxylic acids is 1. The first-order valence-corrected chi connectivity index (χ1v) is 9.24. The molecule has 2 aromatic rings. The number of benzene rings is 2. The van der Waals surface area contributed by atoms with Gasteiger partial charge in [0.05, 0.1) is 14.2 Å². The van der Waals surface area contributed by atoms with Crippen LogP contribution in [0.15, 0.2) is 42.5 Å². The average Bonchev–Trinajstić information content (AvgIpc) is 2.70. The van der Waals surface area contributed by atoms with E-state index in [1.54, 1.807) is 31.3 Å². The molecule has 0 fully saturated rings. The van der Waals surface area contributed by atoms with Crippen molar-refractivity contribution in [1.82, 2.24) is 4.90 Å². The molecule has 0 unspecified atom stereocenters. The summed E-state index contributed by atoms with van der Waals surface area (Å²) in [6, 6.07) is 13.2. The zero-order valence-corrected chi connectivity index (χ0v) is 16.6. The van der Waals surface area contributed by atoms with E-state index < -0.39 is 5.97 Å². The minimum atomic E-state index is -0.825. The van der Waals surface area contributed by atoms with Crippen molar-refractivity contribution in [2.24, 2.45) is 0 Å². The van der Waals surface area contributed by atoms with Crippen LogP contribution in [0, 0.1) is 6.92 Å². The second kappa shape index (κ2) is 10.3. The van der Waals surface area contributed by atoms with Crippen LogP contribution in [0.25, 0.3) is 0 Å². The van der Waals surface area contributed by atoms with Gasteiger partial charge >= 0.3 is 5.97 Å². The molecule has 1 amide bonds. The number of rotatable bonds is 10. The smallest absolute Gasteiger partial charge is 0.303 e. The Labute approximate surface area is 165 Å². The number of methoxy groups -OCH3 is 2. The van der Waals surface area contributed by atoms with Crippen molar-refractivity contribution >= 4 is 11.9 Å².